The van der Waals surface area contributed by atoms with E-state index in [4.69, 9.17) is 10.5 Å². The zero-order chi connectivity index (χ0) is 13.4. The van der Waals surface area contributed by atoms with Crippen LogP contribution in [-0.4, -0.2) is 30.6 Å². The minimum absolute atomic E-state index is 0.00266. The summed E-state index contributed by atoms with van der Waals surface area (Å²) in [5.41, 5.74) is 6.22. The Morgan fingerprint density at radius 3 is 3.00 bits per heavy atom. The first-order valence-electron chi connectivity index (χ1n) is 5.91. The molecule has 1 atom stereocenters. The normalized spacial score (nSPS) is 11.9. The molecule has 5 heteroatoms. The van der Waals surface area contributed by atoms with Crippen LogP contribution in [0.4, 0.5) is 5.69 Å². The van der Waals surface area contributed by atoms with Crippen LogP contribution in [0.15, 0.2) is 24.3 Å². The lowest BCUT2D eigenvalue weighted by Gasteiger charge is -2.10. The second-order valence-electron chi connectivity index (χ2n) is 3.98. The Bertz CT molecular complexity index is 385. The average molecular weight is 268 g/mol. The SMILES string of the molecule is COc1cccc(NC(=O)CSC(C)CCN)c1. The molecule has 100 valence electrons. The average Bonchev–Trinajstić information content (AvgIpc) is 2.37. The minimum Gasteiger partial charge on any atom is -0.497 e. The van der Waals surface area contributed by atoms with Crippen molar-refractivity contribution in [2.24, 2.45) is 5.73 Å². The number of amides is 1. The van der Waals surface area contributed by atoms with Crippen molar-refractivity contribution in [2.45, 2.75) is 18.6 Å². The summed E-state index contributed by atoms with van der Waals surface area (Å²) in [6.45, 7) is 2.74. The van der Waals surface area contributed by atoms with Crippen molar-refractivity contribution in [1.29, 1.82) is 0 Å². The molecule has 0 heterocycles. The van der Waals surface area contributed by atoms with Crippen molar-refractivity contribution >= 4 is 23.4 Å². The standard InChI is InChI=1S/C13H20N2O2S/c1-10(6-7-14)18-9-13(16)15-11-4-3-5-12(8-11)17-2/h3-5,8,10H,6-7,9,14H2,1-2H3,(H,15,16). The summed E-state index contributed by atoms with van der Waals surface area (Å²) in [6, 6.07) is 7.33. The number of benzene rings is 1. The smallest absolute Gasteiger partial charge is 0.234 e. The number of carbonyl (C=O) groups excluding carboxylic acids is 1. The second kappa shape index (κ2) is 8.00. The Morgan fingerprint density at radius 2 is 2.33 bits per heavy atom. The van der Waals surface area contributed by atoms with Crippen LogP contribution in [0.2, 0.25) is 0 Å². The van der Waals surface area contributed by atoms with Gasteiger partial charge >= 0.3 is 0 Å². The summed E-state index contributed by atoms with van der Waals surface area (Å²) in [6.07, 6.45) is 0.928. The molecule has 0 aliphatic rings. The van der Waals surface area contributed by atoms with Gasteiger partial charge in [-0.3, -0.25) is 4.79 Å². The number of carbonyl (C=O) groups is 1. The fourth-order valence-electron chi connectivity index (χ4n) is 1.43. The third-order valence-corrected chi connectivity index (χ3v) is 3.66. The van der Waals surface area contributed by atoms with E-state index < -0.39 is 0 Å². The van der Waals surface area contributed by atoms with Gasteiger partial charge in [0.2, 0.25) is 5.91 Å². The van der Waals surface area contributed by atoms with E-state index in [0.717, 1.165) is 17.9 Å². The molecule has 18 heavy (non-hydrogen) atoms. The van der Waals surface area contributed by atoms with Crippen molar-refractivity contribution in [3.63, 3.8) is 0 Å². The van der Waals surface area contributed by atoms with Crippen molar-refractivity contribution in [3.8, 4) is 5.75 Å². The largest absolute Gasteiger partial charge is 0.497 e. The van der Waals surface area contributed by atoms with E-state index in [0.29, 0.717) is 17.5 Å². The summed E-state index contributed by atoms with van der Waals surface area (Å²) < 4.78 is 5.10. The van der Waals surface area contributed by atoms with E-state index in [1.807, 2.05) is 18.2 Å². The van der Waals surface area contributed by atoms with E-state index >= 15 is 0 Å². The summed E-state index contributed by atoms with van der Waals surface area (Å²) in [4.78, 5) is 11.7. The zero-order valence-corrected chi connectivity index (χ0v) is 11.6. The summed E-state index contributed by atoms with van der Waals surface area (Å²) >= 11 is 1.61. The highest BCUT2D eigenvalue weighted by Crippen LogP contribution is 2.18. The molecule has 4 nitrogen and oxygen atoms in total. The predicted molar refractivity (Wildman–Crippen MR) is 77.2 cm³/mol. The highest BCUT2D eigenvalue weighted by Gasteiger charge is 2.07. The lowest BCUT2D eigenvalue weighted by Crippen LogP contribution is -2.17. The second-order valence-corrected chi connectivity index (χ2v) is 5.41. The third-order valence-electron chi connectivity index (χ3n) is 2.43. The molecule has 0 spiro atoms. The Morgan fingerprint density at radius 1 is 1.56 bits per heavy atom. The van der Waals surface area contributed by atoms with Crippen molar-refractivity contribution in [1.82, 2.24) is 0 Å². The third kappa shape index (κ3) is 5.42. The summed E-state index contributed by atoms with van der Waals surface area (Å²) in [5, 5.41) is 3.25. The van der Waals surface area contributed by atoms with Gasteiger partial charge in [-0.25, -0.2) is 0 Å². The Kier molecular flexibility index (Phi) is 6.60. The number of methoxy groups -OCH3 is 1. The molecule has 0 fully saturated rings. The monoisotopic (exact) mass is 268 g/mol. The molecule has 0 saturated heterocycles. The molecule has 0 bridgehead atoms. The molecule has 0 radical (unpaired) electrons. The number of rotatable bonds is 7. The number of nitrogens with two attached hydrogens (primary N) is 1. The molecular weight excluding hydrogens is 248 g/mol. The van der Waals surface area contributed by atoms with Gasteiger partial charge in [-0.2, -0.15) is 0 Å². The first kappa shape index (κ1) is 14.9. The van der Waals surface area contributed by atoms with Gasteiger partial charge in [-0.05, 0) is 25.1 Å². The van der Waals surface area contributed by atoms with Gasteiger partial charge in [-0.15, -0.1) is 11.8 Å². The minimum atomic E-state index is -0.00266. The first-order valence-corrected chi connectivity index (χ1v) is 6.96. The predicted octanol–water partition coefficient (Wildman–Crippen LogP) is 2.10. The number of nitrogens with one attached hydrogen (secondary N) is 1. The number of hydrogen-bond acceptors (Lipinski definition) is 4. The van der Waals surface area contributed by atoms with Crippen LogP contribution in [0, 0.1) is 0 Å². The first-order chi connectivity index (χ1) is 8.65. The molecule has 1 rings (SSSR count). The maximum atomic E-state index is 11.7. The molecule has 0 aromatic heterocycles. The van der Waals surface area contributed by atoms with Crippen LogP contribution in [0.1, 0.15) is 13.3 Å². The maximum Gasteiger partial charge on any atom is 0.234 e. The summed E-state index contributed by atoms with van der Waals surface area (Å²) in [5.74, 6) is 1.17. The van der Waals surface area contributed by atoms with Gasteiger partial charge in [0.15, 0.2) is 0 Å². The Balaban J connectivity index is 2.39. The van der Waals surface area contributed by atoms with E-state index in [2.05, 4.69) is 12.2 Å². The Labute approximate surface area is 112 Å². The van der Waals surface area contributed by atoms with Gasteiger partial charge in [0.25, 0.3) is 0 Å². The molecule has 3 N–H and O–H groups in total. The number of anilines is 1. The van der Waals surface area contributed by atoms with Gasteiger partial charge in [0, 0.05) is 17.0 Å². The fraction of sp³-hybridized carbons (Fsp3) is 0.462. The van der Waals surface area contributed by atoms with E-state index in [1.54, 1.807) is 24.9 Å². The highest BCUT2D eigenvalue weighted by molar-refractivity contribution is 8.00. The van der Waals surface area contributed by atoms with Crippen LogP contribution in [0.5, 0.6) is 5.75 Å². The van der Waals surface area contributed by atoms with Crippen molar-refractivity contribution < 1.29 is 9.53 Å². The molecular formula is C13H20N2O2S. The van der Waals surface area contributed by atoms with Crippen molar-refractivity contribution in [2.75, 3.05) is 24.7 Å². The van der Waals surface area contributed by atoms with Gasteiger partial charge < -0.3 is 15.8 Å². The quantitative estimate of drug-likeness (QED) is 0.795. The van der Waals surface area contributed by atoms with Gasteiger partial charge in [-0.1, -0.05) is 13.0 Å². The zero-order valence-electron chi connectivity index (χ0n) is 10.8. The lowest BCUT2D eigenvalue weighted by molar-refractivity contribution is -0.113. The maximum absolute atomic E-state index is 11.7. The number of ether oxygens (including phenoxy) is 1. The molecule has 0 saturated carbocycles. The van der Waals surface area contributed by atoms with Crippen LogP contribution in [0.25, 0.3) is 0 Å². The molecule has 0 aliphatic heterocycles. The summed E-state index contributed by atoms with van der Waals surface area (Å²) in [7, 11) is 1.60. The van der Waals surface area contributed by atoms with E-state index in [-0.39, 0.29) is 5.91 Å². The molecule has 1 amide bonds. The lowest BCUT2D eigenvalue weighted by atomic mass is 10.3. The number of thioether (sulfide) groups is 1. The fourth-order valence-corrected chi connectivity index (χ4v) is 2.24. The molecule has 1 unspecified atom stereocenters. The van der Waals surface area contributed by atoms with Crippen LogP contribution < -0.4 is 15.8 Å². The van der Waals surface area contributed by atoms with Gasteiger partial charge in [0.05, 0.1) is 12.9 Å². The number of hydrogen-bond donors (Lipinski definition) is 2. The van der Waals surface area contributed by atoms with Crippen LogP contribution >= 0.6 is 11.8 Å². The van der Waals surface area contributed by atoms with Crippen LogP contribution in [0.3, 0.4) is 0 Å². The topological polar surface area (TPSA) is 64.3 Å². The molecule has 0 aliphatic carbocycles. The Hall–Kier alpha value is -1.20. The molecule has 1 aromatic carbocycles. The molecule has 1 aromatic rings. The van der Waals surface area contributed by atoms with Crippen molar-refractivity contribution in [3.05, 3.63) is 24.3 Å². The highest BCUT2D eigenvalue weighted by atomic mass is 32.2. The van der Waals surface area contributed by atoms with E-state index in [9.17, 15) is 4.79 Å². The van der Waals surface area contributed by atoms with E-state index in [1.165, 1.54) is 0 Å². The van der Waals surface area contributed by atoms with Gasteiger partial charge in [0.1, 0.15) is 5.75 Å². The van der Waals surface area contributed by atoms with Crippen LogP contribution in [-0.2, 0) is 4.79 Å².